The predicted molar refractivity (Wildman–Crippen MR) is 53.9 cm³/mol. The van der Waals surface area contributed by atoms with Crippen LogP contribution in [0.25, 0.3) is 0 Å². The van der Waals surface area contributed by atoms with Gasteiger partial charge in [-0.05, 0) is 12.0 Å². The van der Waals surface area contributed by atoms with E-state index in [2.05, 4.69) is 16.9 Å². The van der Waals surface area contributed by atoms with Crippen molar-refractivity contribution in [1.82, 2.24) is 0 Å². The second kappa shape index (κ2) is 3.66. The molecular formula is C12H12O2. The Morgan fingerprint density at radius 2 is 2.14 bits per heavy atom. The molecule has 72 valence electrons. The highest BCUT2D eigenvalue weighted by molar-refractivity contribution is 5.84. The molecular weight excluding hydrogens is 176 g/mol. The fourth-order valence-corrected chi connectivity index (χ4v) is 1.56. The zero-order chi connectivity index (χ0) is 9.97. The first-order valence-electron chi connectivity index (χ1n) is 4.64. The summed E-state index contributed by atoms with van der Waals surface area (Å²) < 4.78 is 4.57. The smallest absolute Gasteiger partial charge is 0.330 e. The Labute approximate surface area is 83.2 Å². The van der Waals surface area contributed by atoms with Gasteiger partial charge in [0.2, 0.25) is 0 Å². The van der Waals surface area contributed by atoms with E-state index in [0.717, 1.165) is 6.42 Å². The van der Waals surface area contributed by atoms with Crippen LogP contribution in [-0.2, 0) is 9.53 Å². The largest absolute Gasteiger partial charge is 0.466 e. The van der Waals surface area contributed by atoms with Crippen LogP contribution in [-0.4, -0.2) is 13.1 Å². The molecule has 0 spiro atoms. The summed E-state index contributed by atoms with van der Waals surface area (Å²) in [6.07, 6.45) is 2.58. The molecule has 0 radical (unpaired) electrons. The molecule has 2 rings (SSSR count). The molecule has 2 nitrogen and oxygen atoms in total. The Balaban J connectivity index is 2.07. The lowest BCUT2D eigenvalue weighted by Gasteiger charge is -1.94. The number of ether oxygens (including phenoxy) is 1. The van der Waals surface area contributed by atoms with Gasteiger partial charge in [0.15, 0.2) is 0 Å². The van der Waals surface area contributed by atoms with Crippen LogP contribution >= 0.6 is 0 Å². The SMILES string of the molecule is COC(=O)/C=C1\CC1c1ccccc1. The molecule has 1 aliphatic carbocycles. The summed E-state index contributed by atoms with van der Waals surface area (Å²) >= 11 is 0. The third-order valence-electron chi connectivity index (χ3n) is 2.43. The quantitative estimate of drug-likeness (QED) is 0.525. The number of methoxy groups -OCH3 is 1. The van der Waals surface area contributed by atoms with Crippen molar-refractivity contribution in [3.63, 3.8) is 0 Å². The summed E-state index contributed by atoms with van der Waals surface area (Å²) in [6, 6.07) is 10.2. The van der Waals surface area contributed by atoms with Crippen LogP contribution in [0.2, 0.25) is 0 Å². The number of carbonyl (C=O) groups excluding carboxylic acids is 1. The van der Waals surface area contributed by atoms with Crippen LogP contribution in [0.5, 0.6) is 0 Å². The second-order valence-corrected chi connectivity index (χ2v) is 3.41. The van der Waals surface area contributed by atoms with Crippen molar-refractivity contribution in [3.8, 4) is 0 Å². The van der Waals surface area contributed by atoms with E-state index in [1.165, 1.54) is 18.2 Å². The molecule has 1 aromatic rings. The van der Waals surface area contributed by atoms with Crippen molar-refractivity contribution >= 4 is 5.97 Å². The maximum absolute atomic E-state index is 10.9. The van der Waals surface area contributed by atoms with E-state index in [1.54, 1.807) is 6.08 Å². The van der Waals surface area contributed by atoms with E-state index in [4.69, 9.17) is 0 Å². The maximum Gasteiger partial charge on any atom is 0.330 e. The van der Waals surface area contributed by atoms with Crippen molar-refractivity contribution in [3.05, 3.63) is 47.5 Å². The lowest BCUT2D eigenvalue weighted by molar-refractivity contribution is -0.134. The van der Waals surface area contributed by atoms with E-state index in [1.807, 2.05) is 18.2 Å². The fourth-order valence-electron chi connectivity index (χ4n) is 1.56. The summed E-state index contributed by atoms with van der Waals surface area (Å²) in [7, 11) is 1.40. The number of esters is 1. The summed E-state index contributed by atoms with van der Waals surface area (Å²) in [5.41, 5.74) is 2.45. The molecule has 2 heteroatoms. The number of carbonyl (C=O) groups is 1. The van der Waals surface area contributed by atoms with Crippen molar-refractivity contribution < 1.29 is 9.53 Å². The highest BCUT2D eigenvalue weighted by Crippen LogP contribution is 2.46. The second-order valence-electron chi connectivity index (χ2n) is 3.41. The Morgan fingerprint density at radius 3 is 2.79 bits per heavy atom. The number of benzene rings is 1. The zero-order valence-electron chi connectivity index (χ0n) is 8.07. The average Bonchev–Trinajstić information content (AvgIpc) is 2.98. The molecule has 1 atom stereocenters. The normalized spacial score (nSPS) is 22.1. The lowest BCUT2D eigenvalue weighted by atomic mass is 10.1. The molecule has 0 aromatic heterocycles. The van der Waals surface area contributed by atoms with Gasteiger partial charge in [-0.15, -0.1) is 0 Å². The van der Waals surface area contributed by atoms with Gasteiger partial charge < -0.3 is 4.74 Å². The Morgan fingerprint density at radius 1 is 1.43 bits per heavy atom. The topological polar surface area (TPSA) is 26.3 Å². The molecule has 0 heterocycles. The van der Waals surface area contributed by atoms with Crippen LogP contribution < -0.4 is 0 Å². The van der Waals surface area contributed by atoms with Crippen LogP contribution in [0, 0.1) is 0 Å². The molecule has 1 aromatic carbocycles. The standard InChI is InChI=1S/C12H12O2/c1-14-12(13)8-10-7-11(10)9-5-3-2-4-6-9/h2-6,8,11H,7H2,1H3/b10-8+. The van der Waals surface area contributed by atoms with Gasteiger partial charge in [-0.3, -0.25) is 0 Å². The van der Waals surface area contributed by atoms with Gasteiger partial charge in [-0.1, -0.05) is 35.9 Å². The van der Waals surface area contributed by atoms with E-state index in [9.17, 15) is 4.79 Å². The van der Waals surface area contributed by atoms with Crippen LogP contribution in [0.15, 0.2) is 42.0 Å². The summed E-state index contributed by atoms with van der Waals surface area (Å²) in [5, 5.41) is 0. The first-order valence-corrected chi connectivity index (χ1v) is 4.64. The lowest BCUT2D eigenvalue weighted by Crippen LogP contribution is -1.93. The first kappa shape index (κ1) is 9.00. The van der Waals surface area contributed by atoms with Gasteiger partial charge in [-0.25, -0.2) is 4.79 Å². The van der Waals surface area contributed by atoms with Crippen LogP contribution in [0.3, 0.4) is 0 Å². The van der Waals surface area contributed by atoms with Crippen molar-refractivity contribution in [2.24, 2.45) is 0 Å². The highest BCUT2D eigenvalue weighted by Gasteiger charge is 2.31. The van der Waals surface area contributed by atoms with Gasteiger partial charge in [0.1, 0.15) is 0 Å². The number of rotatable bonds is 2. The molecule has 1 unspecified atom stereocenters. The molecule has 0 aliphatic heterocycles. The zero-order valence-corrected chi connectivity index (χ0v) is 8.07. The minimum Gasteiger partial charge on any atom is -0.466 e. The number of hydrogen-bond acceptors (Lipinski definition) is 2. The number of hydrogen-bond donors (Lipinski definition) is 0. The molecule has 0 amide bonds. The average molecular weight is 188 g/mol. The van der Waals surface area contributed by atoms with Gasteiger partial charge in [0.05, 0.1) is 7.11 Å². The third kappa shape index (κ3) is 1.84. The molecule has 14 heavy (non-hydrogen) atoms. The van der Waals surface area contributed by atoms with Crippen molar-refractivity contribution in [1.29, 1.82) is 0 Å². The minimum absolute atomic E-state index is 0.251. The molecule has 1 saturated carbocycles. The summed E-state index contributed by atoms with van der Waals surface area (Å²) in [4.78, 5) is 10.9. The molecule has 0 bridgehead atoms. The van der Waals surface area contributed by atoms with Gasteiger partial charge >= 0.3 is 5.97 Å². The van der Waals surface area contributed by atoms with Crippen LogP contribution in [0.4, 0.5) is 0 Å². The van der Waals surface area contributed by atoms with Crippen molar-refractivity contribution in [2.45, 2.75) is 12.3 Å². The first-order chi connectivity index (χ1) is 6.81. The number of allylic oxidation sites excluding steroid dienone is 1. The highest BCUT2D eigenvalue weighted by atomic mass is 16.5. The maximum atomic E-state index is 10.9. The van der Waals surface area contributed by atoms with E-state index < -0.39 is 0 Å². The van der Waals surface area contributed by atoms with Gasteiger partial charge in [0.25, 0.3) is 0 Å². The minimum atomic E-state index is -0.251. The molecule has 0 saturated heterocycles. The Kier molecular flexibility index (Phi) is 2.35. The van der Waals surface area contributed by atoms with Crippen LogP contribution in [0.1, 0.15) is 17.9 Å². The fraction of sp³-hybridized carbons (Fsp3) is 0.250. The van der Waals surface area contributed by atoms with E-state index in [0.29, 0.717) is 5.92 Å². The van der Waals surface area contributed by atoms with Gasteiger partial charge in [-0.2, -0.15) is 0 Å². The summed E-state index contributed by atoms with van der Waals surface area (Å²) in [6.45, 7) is 0. The van der Waals surface area contributed by atoms with E-state index >= 15 is 0 Å². The predicted octanol–water partition coefficient (Wildman–Crippen LogP) is 2.27. The Hall–Kier alpha value is -1.57. The van der Waals surface area contributed by atoms with E-state index in [-0.39, 0.29) is 5.97 Å². The summed E-state index contributed by atoms with van der Waals surface area (Å²) in [5.74, 6) is 0.189. The molecule has 1 fully saturated rings. The molecule has 1 aliphatic rings. The monoisotopic (exact) mass is 188 g/mol. The van der Waals surface area contributed by atoms with Crippen molar-refractivity contribution in [2.75, 3.05) is 7.11 Å². The third-order valence-corrected chi connectivity index (χ3v) is 2.43. The molecule has 0 N–H and O–H groups in total. The Bertz CT molecular complexity index is 365. The van der Waals surface area contributed by atoms with Gasteiger partial charge in [0, 0.05) is 12.0 Å².